The lowest BCUT2D eigenvalue weighted by molar-refractivity contribution is 0.0986. The second-order valence-corrected chi connectivity index (χ2v) is 8.92. The van der Waals surface area contributed by atoms with Crippen molar-refractivity contribution in [3.8, 4) is 17.2 Å². The van der Waals surface area contributed by atoms with Gasteiger partial charge in [0.05, 0.1) is 26.7 Å². The SMILES string of the molecule is COc1ccc(OC)c2sc(N(CCCn3ccnc3)C(=O)c3ccc(OC(C)C)cc3)nc12. The van der Waals surface area contributed by atoms with Crippen molar-refractivity contribution < 1.29 is 19.0 Å². The van der Waals surface area contributed by atoms with E-state index in [-0.39, 0.29) is 12.0 Å². The zero-order valence-corrected chi connectivity index (χ0v) is 20.5. The molecule has 0 radical (unpaired) electrons. The van der Waals surface area contributed by atoms with E-state index in [0.717, 1.165) is 23.4 Å². The lowest BCUT2D eigenvalue weighted by Gasteiger charge is -2.20. The molecule has 0 unspecified atom stereocenters. The molecular formula is C25H28N4O4S. The van der Waals surface area contributed by atoms with E-state index in [9.17, 15) is 4.79 Å². The van der Waals surface area contributed by atoms with Gasteiger partial charge in [-0.2, -0.15) is 0 Å². The Morgan fingerprint density at radius 1 is 1.09 bits per heavy atom. The van der Waals surface area contributed by atoms with E-state index < -0.39 is 0 Å². The van der Waals surface area contributed by atoms with Crippen LogP contribution < -0.4 is 19.1 Å². The first kappa shape index (κ1) is 23.6. The minimum Gasteiger partial charge on any atom is -0.495 e. The fraction of sp³-hybridized carbons (Fsp3) is 0.320. The molecular weight excluding hydrogens is 452 g/mol. The number of nitrogens with zero attached hydrogens (tertiary/aromatic N) is 4. The maximum Gasteiger partial charge on any atom is 0.260 e. The number of rotatable bonds is 10. The number of hydrogen-bond donors (Lipinski definition) is 0. The lowest BCUT2D eigenvalue weighted by Crippen LogP contribution is -2.32. The summed E-state index contributed by atoms with van der Waals surface area (Å²) in [5.41, 5.74) is 1.24. The highest BCUT2D eigenvalue weighted by atomic mass is 32.1. The van der Waals surface area contributed by atoms with Crippen LogP contribution in [0, 0.1) is 0 Å². The second-order valence-electron chi connectivity index (χ2n) is 7.95. The van der Waals surface area contributed by atoms with Gasteiger partial charge in [-0.05, 0) is 56.7 Å². The third-order valence-corrected chi connectivity index (χ3v) is 6.30. The first-order valence-corrected chi connectivity index (χ1v) is 11.9. The van der Waals surface area contributed by atoms with E-state index >= 15 is 0 Å². The Morgan fingerprint density at radius 2 is 1.82 bits per heavy atom. The van der Waals surface area contributed by atoms with Crippen LogP contribution >= 0.6 is 11.3 Å². The summed E-state index contributed by atoms with van der Waals surface area (Å²) < 4.78 is 19.6. The molecule has 0 fully saturated rings. The Kier molecular flexibility index (Phi) is 7.32. The quantitative estimate of drug-likeness (QED) is 0.317. The predicted molar refractivity (Wildman–Crippen MR) is 133 cm³/mol. The van der Waals surface area contributed by atoms with Gasteiger partial charge in [0.15, 0.2) is 5.13 Å². The standard InChI is InChI=1S/C25H28N4O4S/c1-17(2)33-19-8-6-18(7-9-19)24(30)29(14-5-13-28-15-12-26-16-28)25-27-22-20(31-3)10-11-21(32-4)23(22)34-25/h6-12,15-17H,5,13-14H2,1-4H3. The van der Waals surface area contributed by atoms with E-state index in [1.807, 2.05) is 48.9 Å². The molecule has 0 saturated carbocycles. The normalized spacial score (nSPS) is 11.1. The van der Waals surface area contributed by atoms with Crippen LogP contribution in [0.4, 0.5) is 5.13 Å². The van der Waals surface area contributed by atoms with Crippen LogP contribution in [0.15, 0.2) is 55.1 Å². The molecule has 4 rings (SSSR count). The molecule has 34 heavy (non-hydrogen) atoms. The molecule has 0 N–H and O–H groups in total. The molecule has 2 aromatic carbocycles. The van der Waals surface area contributed by atoms with Crippen LogP contribution in [0.3, 0.4) is 0 Å². The number of fused-ring (bicyclic) bond motifs is 1. The zero-order chi connectivity index (χ0) is 24.1. The summed E-state index contributed by atoms with van der Waals surface area (Å²) >= 11 is 1.41. The van der Waals surface area contributed by atoms with Crippen molar-refractivity contribution in [2.24, 2.45) is 0 Å². The van der Waals surface area contributed by atoms with E-state index in [1.54, 1.807) is 43.8 Å². The van der Waals surface area contributed by atoms with Gasteiger partial charge in [-0.25, -0.2) is 9.97 Å². The number of carbonyl (C=O) groups excluding carboxylic acids is 1. The molecule has 4 aromatic rings. The summed E-state index contributed by atoms with van der Waals surface area (Å²) in [6.45, 7) is 5.17. The molecule has 2 heterocycles. The van der Waals surface area contributed by atoms with E-state index in [2.05, 4.69) is 4.98 Å². The van der Waals surface area contributed by atoms with Gasteiger partial charge < -0.3 is 18.8 Å². The van der Waals surface area contributed by atoms with Crippen LogP contribution in [-0.4, -0.2) is 47.3 Å². The Bertz CT molecular complexity index is 1200. The van der Waals surface area contributed by atoms with Gasteiger partial charge in [0.25, 0.3) is 5.91 Å². The monoisotopic (exact) mass is 480 g/mol. The Labute approximate surface area is 202 Å². The first-order chi connectivity index (χ1) is 16.5. The average molecular weight is 481 g/mol. The zero-order valence-electron chi connectivity index (χ0n) is 19.7. The van der Waals surface area contributed by atoms with Gasteiger partial charge in [-0.15, -0.1) is 0 Å². The average Bonchev–Trinajstić information content (AvgIpc) is 3.51. The Hall–Kier alpha value is -3.59. The van der Waals surface area contributed by atoms with Crippen molar-refractivity contribution >= 4 is 32.6 Å². The molecule has 8 nitrogen and oxygen atoms in total. The summed E-state index contributed by atoms with van der Waals surface area (Å²) in [4.78, 5) is 24.2. The highest BCUT2D eigenvalue weighted by Crippen LogP contribution is 2.40. The first-order valence-electron chi connectivity index (χ1n) is 11.1. The predicted octanol–water partition coefficient (Wildman–Crippen LogP) is 5.03. The summed E-state index contributed by atoms with van der Waals surface area (Å²) in [7, 11) is 3.23. The maximum absolute atomic E-state index is 13.6. The molecule has 178 valence electrons. The van der Waals surface area contributed by atoms with Crippen molar-refractivity contribution in [2.45, 2.75) is 32.9 Å². The van der Waals surface area contributed by atoms with Crippen LogP contribution in [0.1, 0.15) is 30.6 Å². The highest BCUT2D eigenvalue weighted by Gasteiger charge is 2.23. The molecule has 0 saturated heterocycles. The van der Waals surface area contributed by atoms with Crippen LogP contribution in [-0.2, 0) is 6.54 Å². The summed E-state index contributed by atoms with van der Waals surface area (Å²) in [6, 6.07) is 10.9. The molecule has 0 spiro atoms. The van der Waals surface area contributed by atoms with Crippen molar-refractivity contribution in [3.63, 3.8) is 0 Å². The van der Waals surface area contributed by atoms with Crippen LogP contribution in [0.5, 0.6) is 17.2 Å². The number of amides is 1. The number of carbonyl (C=O) groups is 1. The van der Waals surface area contributed by atoms with Gasteiger partial charge in [0, 0.05) is 31.0 Å². The third kappa shape index (κ3) is 5.14. The number of aryl methyl sites for hydroxylation is 1. The smallest absolute Gasteiger partial charge is 0.260 e. The topological polar surface area (TPSA) is 78.7 Å². The summed E-state index contributed by atoms with van der Waals surface area (Å²) in [5.74, 6) is 1.94. The van der Waals surface area contributed by atoms with Crippen molar-refractivity contribution in [1.82, 2.24) is 14.5 Å². The van der Waals surface area contributed by atoms with E-state index in [1.165, 1.54) is 11.3 Å². The van der Waals surface area contributed by atoms with Crippen molar-refractivity contribution in [1.29, 1.82) is 0 Å². The number of imidazole rings is 1. The van der Waals surface area contributed by atoms with Crippen LogP contribution in [0.25, 0.3) is 10.2 Å². The number of ether oxygens (including phenoxy) is 3. The molecule has 9 heteroatoms. The summed E-state index contributed by atoms with van der Waals surface area (Å²) in [6.07, 6.45) is 6.23. The van der Waals surface area contributed by atoms with Gasteiger partial charge in [-0.1, -0.05) is 11.3 Å². The maximum atomic E-state index is 13.6. The van der Waals surface area contributed by atoms with Gasteiger partial charge in [0.2, 0.25) is 0 Å². The number of thiazole rings is 1. The molecule has 2 aromatic heterocycles. The molecule has 0 aliphatic heterocycles. The summed E-state index contributed by atoms with van der Waals surface area (Å²) in [5, 5.41) is 0.593. The number of methoxy groups -OCH3 is 2. The van der Waals surface area contributed by atoms with Gasteiger partial charge in [-0.3, -0.25) is 9.69 Å². The molecule has 0 aliphatic carbocycles. The van der Waals surface area contributed by atoms with Crippen LogP contribution in [0.2, 0.25) is 0 Å². The minimum absolute atomic E-state index is 0.0638. The van der Waals surface area contributed by atoms with Crippen molar-refractivity contribution in [2.75, 3.05) is 25.7 Å². The molecule has 0 atom stereocenters. The Balaban J connectivity index is 1.66. The number of benzene rings is 2. The molecule has 0 bridgehead atoms. The number of aromatic nitrogens is 3. The van der Waals surface area contributed by atoms with Gasteiger partial charge in [0.1, 0.15) is 27.5 Å². The number of anilines is 1. The Morgan fingerprint density at radius 3 is 2.47 bits per heavy atom. The van der Waals surface area contributed by atoms with Gasteiger partial charge >= 0.3 is 0 Å². The van der Waals surface area contributed by atoms with Crippen molar-refractivity contribution in [3.05, 3.63) is 60.7 Å². The second kappa shape index (κ2) is 10.6. The minimum atomic E-state index is -0.126. The highest BCUT2D eigenvalue weighted by molar-refractivity contribution is 7.22. The third-order valence-electron chi connectivity index (χ3n) is 5.21. The van der Waals surface area contributed by atoms with E-state index in [4.69, 9.17) is 19.2 Å². The van der Waals surface area contributed by atoms with E-state index in [0.29, 0.717) is 34.3 Å². The lowest BCUT2D eigenvalue weighted by atomic mass is 10.2. The molecule has 0 aliphatic rings. The number of hydrogen-bond acceptors (Lipinski definition) is 7. The fourth-order valence-corrected chi connectivity index (χ4v) is 4.71. The largest absolute Gasteiger partial charge is 0.495 e. The fourth-order valence-electron chi connectivity index (χ4n) is 3.61. The molecule has 1 amide bonds.